The second-order valence-corrected chi connectivity index (χ2v) is 12.5. The van der Waals surface area contributed by atoms with Crippen LogP contribution < -0.4 is 14.9 Å². The monoisotopic (exact) mass is 585 g/mol. The minimum atomic E-state index is -3.82. The van der Waals surface area contributed by atoms with Crippen LogP contribution in [0.15, 0.2) is 59.5 Å². The molecule has 40 heavy (non-hydrogen) atoms. The largest absolute Gasteiger partial charge is 0.367 e. The van der Waals surface area contributed by atoms with Gasteiger partial charge in [0.25, 0.3) is 15.9 Å². The number of hydrogen-bond donors (Lipinski definition) is 2. The van der Waals surface area contributed by atoms with Crippen LogP contribution in [0.25, 0.3) is 0 Å². The highest BCUT2D eigenvalue weighted by Crippen LogP contribution is 2.23. The van der Waals surface area contributed by atoms with Crippen LogP contribution in [-0.2, 0) is 24.8 Å². The molecule has 2 aromatic carbocycles. The summed E-state index contributed by atoms with van der Waals surface area (Å²) in [5.74, 6) is -0.766. The number of piperazine rings is 1. The minimum absolute atomic E-state index is 0.0604. The first-order valence-corrected chi connectivity index (χ1v) is 15.1. The fraction of sp³-hybridized carbons (Fsp3) is 0.280. The molecule has 210 valence electrons. The van der Waals surface area contributed by atoms with Crippen molar-refractivity contribution >= 4 is 43.3 Å². The van der Waals surface area contributed by atoms with Gasteiger partial charge in [-0.25, -0.2) is 26.8 Å². The van der Waals surface area contributed by atoms with Gasteiger partial charge in [-0.15, -0.1) is 0 Å². The Hall–Kier alpha value is -4.10. The van der Waals surface area contributed by atoms with Gasteiger partial charge < -0.3 is 15.0 Å². The Balaban J connectivity index is 1.42. The van der Waals surface area contributed by atoms with Crippen molar-refractivity contribution in [2.75, 3.05) is 54.2 Å². The average Bonchev–Trinajstić information content (AvgIpc) is 2.93. The van der Waals surface area contributed by atoms with Gasteiger partial charge in [0.2, 0.25) is 16.0 Å². The number of aryl methyl sites for hydroxylation is 1. The van der Waals surface area contributed by atoms with Crippen molar-refractivity contribution in [2.45, 2.75) is 11.8 Å². The number of carbonyl (C=O) groups excluding carboxylic acids is 1. The molecule has 4 rings (SSSR count). The second kappa shape index (κ2) is 12.0. The molecule has 1 aliphatic rings. The molecule has 2 heterocycles. The Kier molecular flexibility index (Phi) is 8.64. The molecule has 0 radical (unpaired) electrons. The summed E-state index contributed by atoms with van der Waals surface area (Å²) in [7, 11) is -6.38. The smallest absolute Gasteiger partial charge is 0.257 e. The summed E-state index contributed by atoms with van der Waals surface area (Å²) in [6, 6.07) is 15.4. The van der Waals surface area contributed by atoms with Crippen molar-refractivity contribution in [3.63, 3.8) is 0 Å². The second-order valence-electron chi connectivity index (χ2n) is 8.84. The molecule has 0 spiro atoms. The van der Waals surface area contributed by atoms with Crippen molar-refractivity contribution in [3.8, 4) is 6.07 Å². The molecule has 1 fully saturated rings. The molecule has 0 aliphatic carbocycles. The summed E-state index contributed by atoms with van der Waals surface area (Å²) in [5.41, 5.74) is 1.39. The van der Waals surface area contributed by atoms with E-state index in [0.717, 1.165) is 0 Å². The number of sulfonamides is 2. The minimum Gasteiger partial charge on any atom is -0.367 e. The van der Waals surface area contributed by atoms with Crippen molar-refractivity contribution in [2.24, 2.45) is 0 Å². The van der Waals surface area contributed by atoms with Crippen LogP contribution in [0.2, 0.25) is 0 Å². The first-order chi connectivity index (χ1) is 19.0. The normalized spacial score (nSPS) is 14.4. The van der Waals surface area contributed by atoms with E-state index in [4.69, 9.17) is 5.26 Å². The first kappa shape index (κ1) is 28.9. The highest BCUT2D eigenvalue weighted by Gasteiger charge is 2.29. The first-order valence-electron chi connectivity index (χ1n) is 12.0. The Morgan fingerprint density at radius 3 is 2.35 bits per heavy atom. The third-order valence-corrected chi connectivity index (χ3v) is 8.93. The summed E-state index contributed by atoms with van der Waals surface area (Å²) < 4.78 is 59.0. The molecule has 3 aromatic rings. The van der Waals surface area contributed by atoms with E-state index < -0.39 is 31.9 Å². The van der Waals surface area contributed by atoms with E-state index in [1.54, 1.807) is 25.1 Å². The molecule has 0 unspecified atom stereocenters. The molecule has 0 bridgehead atoms. The number of nitriles is 1. The van der Waals surface area contributed by atoms with Crippen LogP contribution in [0.3, 0.4) is 0 Å². The fourth-order valence-electron chi connectivity index (χ4n) is 4.06. The summed E-state index contributed by atoms with van der Waals surface area (Å²) in [6.45, 7) is 2.89. The zero-order valence-electron chi connectivity index (χ0n) is 21.7. The zero-order chi connectivity index (χ0) is 28.9. The Bertz CT molecular complexity index is 1650. The Morgan fingerprint density at radius 2 is 1.70 bits per heavy atom. The lowest BCUT2D eigenvalue weighted by atomic mass is 10.1. The van der Waals surface area contributed by atoms with E-state index in [1.807, 2.05) is 11.0 Å². The maximum absolute atomic E-state index is 13.2. The number of methoxy groups -OCH3 is 1. The number of anilines is 3. The molecular weight excluding hydrogens is 558 g/mol. The number of rotatable bonds is 9. The lowest BCUT2D eigenvalue weighted by Gasteiger charge is -2.34. The van der Waals surface area contributed by atoms with E-state index in [0.29, 0.717) is 30.4 Å². The topological polar surface area (TPSA) is 175 Å². The van der Waals surface area contributed by atoms with Crippen LogP contribution in [0.5, 0.6) is 0 Å². The lowest BCUT2D eigenvalue weighted by Crippen LogP contribution is -2.49. The average molecular weight is 586 g/mol. The van der Waals surface area contributed by atoms with E-state index >= 15 is 0 Å². The number of aromatic nitrogens is 2. The van der Waals surface area contributed by atoms with Gasteiger partial charge >= 0.3 is 0 Å². The van der Waals surface area contributed by atoms with E-state index in [2.05, 4.69) is 24.7 Å². The molecule has 2 N–H and O–H groups in total. The molecule has 0 saturated carbocycles. The standard InChI is InChI=1S/C25H27N7O6S2/c1-18-15-20(16-26)29-25(27-18)31-11-13-32(14-12-31)40(36,37)21-9-7-19(8-10-21)28-24(33)22-5-3-4-6-23(22)30-39(34,35)17-38-2/h3-10,15,30H,11-14,17H2,1-2H3,(H,28,33). The molecule has 0 atom stereocenters. The summed E-state index contributed by atoms with van der Waals surface area (Å²) in [6.07, 6.45) is 0. The van der Waals surface area contributed by atoms with Crippen molar-refractivity contribution in [3.05, 3.63) is 71.5 Å². The predicted octanol–water partition coefficient (Wildman–Crippen LogP) is 1.77. The molecule has 15 heteroatoms. The van der Waals surface area contributed by atoms with E-state index in [-0.39, 0.29) is 34.9 Å². The fourth-order valence-corrected chi connectivity index (χ4v) is 6.36. The van der Waals surface area contributed by atoms with Gasteiger partial charge in [0, 0.05) is 44.7 Å². The third kappa shape index (κ3) is 6.72. The van der Waals surface area contributed by atoms with Gasteiger partial charge in [-0.1, -0.05) is 12.1 Å². The molecule has 1 aliphatic heterocycles. The predicted molar refractivity (Wildman–Crippen MR) is 148 cm³/mol. The SMILES string of the molecule is COCS(=O)(=O)Nc1ccccc1C(=O)Nc1ccc(S(=O)(=O)N2CCN(c3nc(C)cc(C#N)n3)CC2)cc1. The molecule has 13 nitrogen and oxygen atoms in total. The van der Waals surface area contributed by atoms with Gasteiger partial charge in [0.05, 0.1) is 16.1 Å². The number of nitrogens with zero attached hydrogens (tertiary/aromatic N) is 5. The van der Waals surface area contributed by atoms with Crippen molar-refractivity contribution < 1.29 is 26.4 Å². The number of benzene rings is 2. The van der Waals surface area contributed by atoms with Crippen LogP contribution >= 0.6 is 0 Å². The maximum atomic E-state index is 13.2. The highest BCUT2D eigenvalue weighted by atomic mass is 32.2. The van der Waals surface area contributed by atoms with E-state index in [1.165, 1.54) is 47.8 Å². The zero-order valence-corrected chi connectivity index (χ0v) is 23.4. The lowest BCUT2D eigenvalue weighted by molar-refractivity contribution is 0.102. The molecular formula is C25H27N7O6S2. The summed E-state index contributed by atoms with van der Waals surface area (Å²) in [4.78, 5) is 23.4. The van der Waals surface area contributed by atoms with Crippen molar-refractivity contribution in [1.29, 1.82) is 5.26 Å². The molecule has 1 amide bonds. The number of hydrogen-bond acceptors (Lipinski definition) is 10. The van der Waals surface area contributed by atoms with Crippen LogP contribution in [0.1, 0.15) is 21.7 Å². The highest BCUT2D eigenvalue weighted by molar-refractivity contribution is 7.92. The van der Waals surface area contributed by atoms with Gasteiger partial charge in [-0.2, -0.15) is 9.57 Å². The summed E-state index contributed by atoms with van der Waals surface area (Å²) >= 11 is 0. The van der Waals surface area contributed by atoms with Crippen LogP contribution in [0, 0.1) is 18.3 Å². The maximum Gasteiger partial charge on any atom is 0.257 e. The van der Waals surface area contributed by atoms with Gasteiger partial charge in [-0.3, -0.25) is 9.52 Å². The Labute approximate surface area is 232 Å². The Morgan fingerprint density at radius 1 is 1.02 bits per heavy atom. The van der Waals surface area contributed by atoms with E-state index in [9.17, 15) is 21.6 Å². The van der Waals surface area contributed by atoms with Gasteiger partial charge in [0.15, 0.2) is 5.94 Å². The number of amides is 1. The number of carbonyl (C=O) groups is 1. The third-order valence-electron chi connectivity index (χ3n) is 5.94. The molecule has 1 saturated heterocycles. The molecule has 1 aromatic heterocycles. The van der Waals surface area contributed by atoms with Gasteiger partial charge in [0.1, 0.15) is 11.8 Å². The van der Waals surface area contributed by atoms with Crippen molar-refractivity contribution in [1.82, 2.24) is 14.3 Å². The van der Waals surface area contributed by atoms with Gasteiger partial charge in [-0.05, 0) is 49.4 Å². The van der Waals surface area contributed by atoms with Crippen LogP contribution in [-0.4, -0.2) is 76.2 Å². The number of para-hydroxylation sites is 1. The quantitative estimate of drug-likeness (QED) is 0.376. The number of nitrogens with one attached hydrogen (secondary N) is 2. The number of ether oxygens (including phenoxy) is 1. The summed E-state index contributed by atoms with van der Waals surface area (Å²) in [5, 5.41) is 11.8. The van der Waals surface area contributed by atoms with Crippen LogP contribution in [0.4, 0.5) is 17.3 Å².